The Morgan fingerprint density at radius 1 is 0.861 bits per heavy atom. The van der Waals surface area contributed by atoms with Crippen LogP contribution in [0.5, 0.6) is 0 Å². The zero-order chi connectivity index (χ0) is 26.7. The summed E-state index contributed by atoms with van der Waals surface area (Å²) in [6.07, 6.45) is 3.88. The number of carbonyl (C=O) groups excluding carboxylic acids is 3. The van der Waals surface area contributed by atoms with Gasteiger partial charge < -0.3 is 43.4 Å². The summed E-state index contributed by atoms with van der Waals surface area (Å²) in [5.74, 6) is -0.153. The molecule has 12 heteroatoms. The van der Waals surface area contributed by atoms with Crippen LogP contribution in [0.4, 0.5) is 4.79 Å². The molecule has 0 aromatic carbocycles. The van der Waals surface area contributed by atoms with Gasteiger partial charge in [0.15, 0.2) is 0 Å². The second kappa shape index (κ2) is 26.6. The predicted octanol–water partition coefficient (Wildman–Crippen LogP) is 1.76. The predicted molar refractivity (Wildman–Crippen MR) is 139 cm³/mol. The van der Waals surface area contributed by atoms with E-state index in [9.17, 15) is 14.4 Å². The Balaban J connectivity index is 3.32. The first-order valence-electron chi connectivity index (χ1n) is 12.6. The second-order valence-electron chi connectivity index (χ2n) is 7.65. The summed E-state index contributed by atoms with van der Waals surface area (Å²) in [7, 11) is 0. The number of carbonyl (C=O) groups is 3. The van der Waals surface area contributed by atoms with Crippen LogP contribution in [-0.2, 0) is 38.0 Å². The van der Waals surface area contributed by atoms with E-state index in [-0.39, 0.29) is 31.4 Å². The Kier molecular flexibility index (Phi) is 25.6. The number of rotatable bonds is 26. The fraction of sp³-hybridized carbons (Fsp3) is 0.875. The third kappa shape index (κ3) is 23.0. The van der Waals surface area contributed by atoms with E-state index in [2.05, 4.69) is 18.5 Å². The van der Waals surface area contributed by atoms with Crippen molar-refractivity contribution in [2.45, 2.75) is 38.4 Å². The van der Waals surface area contributed by atoms with Crippen molar-refractivity contribution in [3.63, 3.8) is 0 Å². The van der Waals surface area contributed by atoms with Gasteiger partial charge in [-0.3, -0.25) is 4.79 Å². The number of hydrogen-bond donors (Lipinski definition) is 1. The summed E-state index contributed by atoms with van der Waals surface area (Å²) < 4.78 is 32.2. The van der Waals surface area contributed by atoms with Crippen LogP contribution in [0.25, 0.3) is 0 Å². The van der Waals surface area contributed by atoms with Gasteiger partial charge in [-0.05, 0) is 19.6 Å². The third-order valence-corrected chi connectivity index (χ3v) is 5.89. The van der Waals surface area contributed by atoms with Crippen LogP contribution < -0.4 is 5.32 Å². The SMILES string of the molecule is CCN(CCC(C)SC)C(=O)OCCOCCOCCOCCOCCOCCNC(=O)CCC=O. The molecule has 0 radical (unpaired) electrons. The molecule has 0 saturated carbocycles. The molecule has 0 saturated heterocycles. The highest BCUT2D eigenvalue weighted by atomic mass is 32.2. The van der Waals surface area contributed by atoms with Crippen LogP contribution in [0.2, 0.25) is 0 Å². The number of amides is 2. The summed E-state index contributed by atoms with van der Waals surface area (Å²) in [6, 6.07) is 0. The van der Waals surface area contributed by atoms with Gasteiger partial charge in [0.1, 0.15) is 12.9 Å². The quantitative estimate of drug-likeness (QED) is 0.129. The molecule has 0 aromatic rings. The van der Waals surface area contributed by atoms with Gasteiger partial charge in [-0.25, -0.2) is 4.79 Å². The first-order chi connectivity index (χ1) is 17.5. The van der Waals surface area contributed by atoms with Gasteiger partial charge >= 0.3 is 6.09 Å². The molecule has 1 atom stereocenters. The van der Waals surface area contributed by atoms with E-state index in [0.717, 1.165) is 12.7 Å². The van der Waals surface area contributed by atoms with E-state index in [1.54, 1.807) is 16.7 Å². The van der Waals surface area contributed by atoms with Gasteiger partial charge in [0.05, 0.1) is 66.1 Å². The molecule has 0 bridgehead atoms. The number of hydrogen-bond acceptors (Lipinski definition) is 10. The maximum atomic E-state index is 12.1. The number of nitrogens with one attached hydrogen (secondary N) is 1. The molecule has 0 spiro atoms. The van der Waals surface area contributed by atoms with Crippen molar-refractivity contribution in [2.24, 2.45) is 0 Å². The Morgan fingerprint density at radius 2 is 1.36 bits per heavy atom. The zero-order valence-electron chi connectivity index (χ0n) is 22.2. The molecule has 1 N–H and O–H groups in total. The van der Waals surface area contributed by atoms with E-state index >= 15 is 0 Å². The zero-order valence-corrected chi connectivity index (χ0v) is 23.0. The minimum absolute atomic E-state index is 0.153. The smallest absolute Gasteiger partial charge is 0.409 e. The lowest BCUT2D eigenvalue weighted by Crippen LogP contribution is -2.34. The molecule has 0 aliphatic rings. The molecular formula is C24H46N2O9S. The third-order valence-electron chi connectivity index (χ3n) is 4.85. The molecule has 11 nitrogen and oxygen atoms in total. The van der Waals surface area contributed by atoms with Crippen molar-refractivity contribution in [3.8, 4) is 0 Å². The molecule has 0 aromatic heterocycles. The summed E-state index contributed by atoms with van der Waals surface area (Å²) >= 11 is 1.79. The van der Waals surface area contributed by atoms with Gasteiger partial charge in [-0.15, -0.1) is 0 Å². The van der Waals surface area contributed by atoms with E-state index in [1.807, 2.05) is 6.92 Å². The van der Waals surface area contributed by atoms with Crippen molar-refractivity contribution in [3.05, 3.63) is 0 Å². The minimum atomic E-state index is -0.298. The molecule has 212 valence electrons. The van der Waals surface area contributed by atoms with Crippen molar-refractivity contribution in [1.82, 2.24) is 10.2 Å². The Bertz CT molecular complexity index is 544. The highest BCUT2D eigenvalue weighted by Gasteiger charge is 2.13. The van der Waals surface area contributed by atoms with Crippen LogP contribution in [0.1, 0.15) is 33.1 Å². The molecule has 36 heavy (non-hydrogen) atoms. The molecule has 0 aliphatic heterocycles. The number of nitrogens with zero attached hydrogens (tertiary/aromatic N) is 1. The van der Waals surface area contributed by atoms with E-state index in [0.29, 0.717) is 91.0 Å². The molecule has 0 fully saturated rings. The van der Waals surface area contributed by atoms with Gasteiger partial charge in [0.25, 0.3) is 0 Å². The van der Waals surface area contributed by atoms with Gasteiger partial charge in [0, 0.05) is 37.7 Å². The normalized spacial score (nSPS) is 11.8. The lowest BCUT2D eigenvalue weighted by molar-refractivity contribution is -0.122. The molecule has 2 amide bonds. The fourth-order valence-electron chi connectivity index (χ4n) is 2.64. The molecule has 0 heterocycles. The summed E-state index contributed by atoms with van der Waals surface area (Å²) in [5.41, 5.74) is 0. The summed E-state index contributed by atoms with van der Waals surface area (Å²) in [4.78, 5) is 35.2. The first kappa shape index (κ1) is 34.6. The number of ether oxygens (including phenoxy) is 6. The molecule has 1 unspecified atom stereocenters. The first-order valence-corrected chi connectivity index (χ1v) is 13.9. The van der Waals surface area contributed by atoms with E-state index in [1.165, 1.54) is 0 Å². The largest absolute Gasteiger partial charge is 0.447 e. The van der Waals surface area contributed by atoms with Crippen molar-refractivity contribution in [1.29, 1.82) is 0 Å². The van der Waals surface area contributed by atoms with Crippen LogP contribution in [-0.4, -0.2) is 127 Å². The lowest BCUT2D eigenvalue weighted by atomic mass is 10.3. The highest BCUT2D eigenvalue weighted by molar-refractivity contribution is 7.99. The van der Waals surface area contributed by atoms with Gasteiger partial charge in [-0.2, -0.15) is 11.8 Å². The standard InChI is InChI=1S/C24H46N2O9S/c1-4-26(9-7-22(2)36-3)24(29)35-21-20-34-19-18-33-17-16-32-15-14-31-13-12-30-11-8-25-23(28)6-5-10-27/h10,22H,4-9,11-21H2,1-3H3,(H,25,28). The highest BCUT2D eigenvalue weighted by Crippen LogP contribution is 2.10. The Hall–Kier alpha value is -1.44. The average molecular weight is 539 g/mol. The van der Waals surface area contributed by atoms with Crippen LogP contribution in [0, 0.1) is 0 Å². The Morgan fingerprint density at radius 3 is 1.83 bits per heavy atom. The second-order valence-corrected chi connectivity index (χ2v) is 8.92. The molecule has 0 rings (SSSR count). The summed E-state index contributed by atoms with van der Waals surface area (Å²) in [5, 5.41) is 3.18. The van der Waals surface area contributed by atoms with Crippen LogP contribution >= 0.6 is 11.8 Å². The van der Waals surface area contributed by atoms with Gasteiger partial charge in [0.2, 0.25) is 5.91 Å². The monoisotopic (exact) mass is 538 g/mol. The molecular weight excluding hydrogens is 492 g/mol. The van der Waals surface area contributed by atoms with Gasteiger partial charge in [-0.1, -0.05) is 6.92 Å². The lowest BCUT2D eigenvalue weighted by Gasteiger charge is -2.21. The van der Waals surface area contributed by atoms with Crippen LogP contribution in [0.15, 0.2) is 0 Å². The molecule has 0 aliphatic carbocycles. The van der Waals surface area contributed by atoms with Crippen LogP contribution in [0.3, 0.4) is 0 Å². The van der Waals surface area contributed by atoms with Crippen molar-refractivity contribution >= 4 is 30.0 Å². The number of aldehydes is 1. The minimum Gasteiger partial charge on any atom is -0.447 e. The summed E-state index contributed by atoms with van der Waals surface area (Å²) in [6.45, 7) is 10.4. The van der Waals surface area contributed by atoms with E-state index in [4.69, 9.17) is 28.4 Å². The van der Waals surface area contributed by atoms with Crippen molar-refractivity contribution in [2.75, 3.05) is 98.6 Å². The van der Waals surface area contributed by atoms with E-state index < -0.39 is 0 Å². The fourth-order valence-corrected chi connectivity index (χ4v) is 2.98. The Labute approximate surface area is 220 Å². The number of thioether (sulfide) groups is 1. The topological polar surface area (TPSA) is 122 Å². The van der Waals surface area contributed by atoms with Crippen molar-refractivity contribution < 1.29 is 42.8 Å². The maximum absolute atomic E-state index is 12.1. The maximum Gasteiger partial charge on any atom is 0.409 e. The average Bonchev–Trinajstić information content (AvgIpc) is 2.88.